The topological polar surface area (TPSA) is 119 Å². The minimum atomic E-state index is -0.718. The molecule has 1 aromatic heterocycles. The van der Waals surface area contributed by atoms with Gasteiger partial charge in [0, 0.05) is 13.0 Å². The quantitative estimate of drug-likeness (QED) is 0.346. The second-order valence-corrected chi connectivity index (χ2v) is 7.56. The summed E-state index contributed by atoms with van der Waals surface area (Å²) in [4.78, 5) is 36.5. The van der Waals surface area contributed by atoms with E-state index in [4.69, 9.17) is 4.42 Å². The molecular formula is C21H27N4O5+. The standard InChI is InChI=1S/C21H26N4O5/c1-15-7-4-5-13-24(15)14-6-12-22-20(26)16-8-2-3-9-17(16)23-21(27)18-10-11-19(30-18)25(28)29/h2-3,8-11,15H,4-7,12-14H2,1H3,(H,22,26)(H,23,27)/p+1/t15-/m1/s1. The Kier molecular flexibility index (Phi) is 7.18. The van der Waals surface area contributed by atoms with Crippen LogP contribution in [-0.2, 0) is 0 Å². The normalized spacial score (nSPS) is 18.6. The van der Waals surface area contributed by atoms with Crippen LogP contribution >= 0.6 is 0 Å². The summed E-state index contributed by atoms with van der Waals surface area (Å²) < 4.78 is 4.91. The zero-order chi connectivity index (χ0) is 21.5. The molecule has 1 fully saturated rings. The van der Waals surface area contributed by atoms with Crippen LogP contribution in [0.5, 0.6) is 0 Å². The fourth-order valence-corrected chi connectivity index (χ4v) is 3.76. The number of nitro groups is 1. The van der Waals surface area contributed by atoms with E-state index in [2.05, 4.69) is 17.6 Å². The molecule has 3 N–H and O–H groups in total. The van der Waals surface area contributed by atoms with Crippen LogP contribution in [0.1, 0.15) is 53.5 Å². The summed E-state index contributed by atoms with van der Waals surface area (Å²) in [5.41, 5.74) is 0.639. The molecule has 2 atom stereocenters. The highest BCUT2D eigenvalue weighted by molar-refractivity contribution is 6.07. The first kappa shape index (κ1) is 21.5. The highest BCUT2D eigenvalue weighted by atomic mass is 16.6. The van der Waals surface area contributed by atoms with Gasteiger partial charge in [0.1, 0.15) is 4.92 Å². The molecule has 0 saturated carbocycles. The Morgan fingerprint density at radius 1 is 1.20 bits per heavy atom. The monoisotopic (exact) mass is 415 g/mol. The number of furan rings is 1. The van der Waals surface area contributed by atoms with E-state index < -0.39 is 16.7 Å². The number of carbonyl (C=O) groups is 2. The van der Waals surface area contributed by atoms with E-state index >= 15 is 0 Å². The smallest absolute Gasteiger partial charge is 0.395 e. The molecule has 2 amide bonds. The minimum Gasteiger partial charge on any atom is -0.395 e. The molecule has 30 heavy (non-hydrogen) atoms. The van der Waals surface area contributed by atoms with Gasteiger partial charge >= 0.3 is 5.88 Å². The first-order valence-electron chi connectivity index (χ1n) is 10.2. The molecule has 9 nitrogen and oxygen atoms in total. The van der Waals surface area contributed by atoms with Crippen molar-refractivity contribution in [2.24, 2.45) is 0 Å². The zero-order valence-electron chi connectivity index (χ0n) is 17.0. The summed E-state index contributed by atoms with van der Waals surface area (Å²) in [5, 5.41) is 16.2. The lowest BCUT2D eigenvalue weighted by molar-refractivity contribution is -0.928. The minimum absolute atomic E-state index is 0.199. The van der Waals surface area contributed by atoms with Crippen LogP contribution in [0, 0.1) is 10.1 Å². The molecule has 2 aromatic rings. The summed E-state index contributed by atoms with van der Waals surface area (Å²) in [5.74, 6) is -1.66. The van der Waals surface area contributed by atoms with Gasteiger partial charge in [-0.1, -0.05) is 12.1 Å². The molecule has 1 aliphatic heterocycles. The molecule has 0 radical (unpaired) electrons. The van der Waals surface area contributed by atoms with Crippen molar-refractivity contribution in [1.29, 1.82) is 0 Å². The lowest BCUT2D eigenvalue weighted by atomic mass is 10.0. The largest absolute Gasteiger partial charge is 0.433 e. The Labute approximate surface area is 174 Å². The second-order valence-electron chi connectivity index (χ2n) is 7.56. The highest BCUT2D eigenvalue weighted by Gasteiger charge is 2.22. The van der Waals surface area contributed by atoms with Gasteiger partial charge in [-0.05, 0) is 44.4 Å². The average Bonchev–Trinajstić information content (AvgIpc) is 3.23. The Morgan fingerprint density at radius 2 is 2.00 bits per heavy atom. The first-order chi connectivity index (χ1) is 14.5. The van der Waals surface area contributed by atoms with E-state index in [0.29, 0.717) is 23.8 Å². The van der Waals surface area contributed by atoms with Gasteiger partial charge in [0.05, 0.1) is 36.4 Å². The lowest BCUT2D eigenvalue weighted by Crippen LogP contribution is -3.16. The van der Waals surface area contributed by atoms with Crippen LogP contribution in [0.2, 0.25) is 0 Å². The third kappa shape index (κ3) is 5.44. The zero-order valence-corrected chi connectivity index (χ0v) is 17.0. The maximum atomic E-state index is 12.6. The van der Waals surface area contributed by atoms with Crippen molar-refractivity contribution in [1.82, 2.24) is 5.32 Å². The van der Waals surface area contributed by atoms with Crippen LogP contribution in [0.15, 0.2) is 40.8 Å². The predicted molar refractivity (Wildman–Crippen MR) is 111 cm³/mol. The van der Waals surface area contributed by atoms with Crippen molar-refractivity contribution in [3.8, 4) is 0 Å². The molecule has 0 bridgehead atoms. The number of hydrogen-bond acceptors (Lipinski definition) is 5. The Bertz CT molecular complexity index is 910. The number of hydrogen-bond donors (Lipinski definition) is 3. The number of nitrogens with one attached hydrogen (secondary N) is 3. The lowest BCUT2D eigenvalue weighted by Gasteiger charge is -2.30. The van der Waals surface area contributed by atoms with Gasteiger partial charge in [0.2, 0.25) is 0 Å². The maximum Gasteiger partial charge on any atom is 0.433 e. The summed E-state index contributed by atoms with van der Waals surface area (Å²) in [6.07, 6.45) is 4.71. The van der Waals surface area contributed by atoms with Crippen molar-refractivity contribution in [3.63, 3.8) is 0 Å². The fraction of sp³-hybridized carbons (Fsp3) is 0.429. The summed E-state index contributed by atoms with van der Waals surface area (Å²) in [6.45, 7) is 5.05. The summed E-state index contributed by atoms with van der Waals surface area (Å²) in [7, 11) is 0. The van der Waals surface area contributed by atoms with Crippen molar-refractivity contribution in [2.45, 2.75) is 38.6 Å². The third-order valence-corrected chi connectivity index (χ3v) is 5.46. The van der Waals surface area contributed by atoms with Gasteiger partial charge in [-0.3, -0.25) is 19.7 Å². The van der Waals surface area contributed by atoms with Gasteiger partial charge in [0.25, 0.3) is 11.8 Å². The molecule has 1 aliphatic rings. The molecule has 1 saturated heterocycles. The van der Waals surface area contributed by atoms with E-state index in [1.54, 1.807) is 29.2 Å². The fourth-order valence-electron chi connectivity index (χ4n) is 3.76. The number of benzene rings is 1. The molecule has 0 aliphatic carbocycles. The van der Waals surface area contributed by atoms with Crippen molar-refractivity contribution in [3.05, 3.63) is 57.8 Å². The number of quaternary nitrogens is 1. The Morgan fingerprint density at radius 3 is 2.73 bits per heavy atom. The van der Waals surface area contributed by atoms with Crippen LogP contribution in [0.4, 0.5) is 11.6 Å². The Balaban J connectivity index is 1.55. The van der Waals surface area contributed by atoms with E-state index in [9.17, 15) is 19.7 Å². The van der Waals surface area contributed by atoms with Gasteiger partial charge in [-0.2, -0.15) is 0 Å². The van der Waals surface area contributed by atoms with Gasteiger partial charge < -0.3 is 20.0 Å². The van der Waals surface area contributed by atoms with Crippen LogP contribution < -0.4 is 15.5 Å². The Hall–Kier alpha value is -3.20. The highest BCUT2D eigenvalue weighted by Crippen LogP contribution is 2.19. The first-order valence-corrected chi connectivity index (χ1v) is 10.2. The van der Waals surface area contributed by atoms with E-state index in [-0.39, 0.29) is 11.7 Å². The molecule has 3 rings (SSSR count). The van der Waals surface area contributed by atoms with E-state index in [1.807, 2.05) is 0 Å². The molecule has 0 spiro atoms. The number of para-hydroxylation sites is 1. The van der Waals surface area contributed by atoms with Crippen molar-refractivity contribution in [2.75, 3.05) is 25.0 Å². The number of rotatable bonds is 8. The molecule has 1 unspecified atom stereocenters. The van der Waals surface area contributed by atoms with Crippen molar-refractivity contribution >= 4 is 23.4 Å². The predicted octanol–water partition coefficient (Wildman–Crippen LogP) is 2.02. The number of likely N-dealkylation sites (tertiary alicyclic amines) is 1. The summed E-state index contributed by atoms with van der Waals surface area (Å²) >= 11 is 0. The second kappa shape index (κ2) is 10.0. The average molecular weight is 415 g/mol. The maximum absolute atomic E-state index is 12.6. The van der Waals surface area contributed by atoms with Crippen LogP contribution in [0.3, 0.4) is 0 Å². The van der Waals surface area contributed by atoms with Gasteiger partial charge in [-0.25, -0.2) is 0 Å². The number of amides is 2. The van der Waals surface area contributed by atoms with E-state index in [0.717, 1.165) is 19.0 Å². The van der Waals surface area contributed by atoms with Crippen molar-refractivity contribution < 1.29 is 23.8 Å². The van der Waals surface area contributed by atoms with E-state index in [1.165, 1.54) is 31.9 Å². The summed E-state index contributed by atoms with van der Waals surface area (Å²) in [6, 6.07) is 9.62. The molecule has 1 aromatic carbocycles. The third-order valence-electron chi connectivity index (χ3n) is 5.46. The number of carbonyl (C=O) groups excluding carboxylic acids is 2. The molecular weight excluding hydrogens is 388 g/mol. The number of anilines is 1. The SMILES string of the molecule is C[C@@H]1CCCC[NH+]1CCCNC(=O)c1ccccc1NC(=O)c1ccc([N+](=O)[O-])o1. The molecule has 160 valence electrons. The van der Waals surface area contributed by atoms with Crippen LogP contribution in [-0.4, -0.2) is 42.4 Å². The van der Waals surface area contributed by atoms with Gasteiger partial charge in [0.15, 0.2) is 5.76 Å². The molecule has 2 heterocycles. The van der Waals surface area contributed by atoms with Crippen LogP contribution in [0.25, 0.3) is 0 Å². The number of piperidine rings is 1. The number of nitrogens with zero attached hydrogens (tertiary/aromatic N) is 1. The van der Waals surface area contributed by atoms with Gasteiger partial charge in [-0.15, -0.1) is 0 Å². The molecule has 9 heteroatoms.